The summed E-state index contributed by atoms with van der Waals surface area (Å²) in [6.07, 6.45) is 1.10. The lowest BCUT2D eigenvalue weighted by molar-refractivity contribution is -0.138. The molecule has 2 aromatic heterocycles. The predicted octanol–water partition coefficient (Wildman–Crippen LogP) is 5.74. The molecule has 0 bridgehead atoms. The van der Waals surface area contributed by atoms with E-state index in [9.17, 15) is 9.90 Å². The number of carboxylic acid groups (broad SMARTS) is 1. The summed E-state index contributed by atoms with van der Waals surface area (Å²) in [6, 6.07) is 21.2. The van der Waals surface area contributed by atoms with E-state index >= 15 is 0 Å². The second kappa shape index (κ2) is 9.62. The molecule has 158 valence electrons. The second-order valence-electron chi connectivity index (χ2n) is 7.24. The van der Waals surface area contributed by atoms with Crippen molar-refractivity contribution in [2.45, 2.75) is 25.7 Å². The van der Waals surface area contributed by atoms with Crippen molar-refractivity contribution in [2.75, 3.05) is 6.61 Å². The summed E-state index contributed by atoms with van der Waals surface area (Å²) in [5, 5.41) is 11.5. The van der Waals surface area contributed by atoms with Gasteiger partial charge in [0.2, 0.25) is 5.89 Å². The van der Waals surface area contributed by atoms with Gasteiger partial charge >= 0.3 is 5.97 Å². The summed E-state index contributed by atoms with van der Waals surface area (Å²) in [4.78, 5) is 17.1. The molecule has 4 rings (SSSR count). The summed E-state index contributed by atoms with van der Waals surface area (Å²) in [5.41, 5.74) is 2.80. The molecular formula is C25H23NO4S. The van der Waals surface area contributed by atoms with Gasteiger partial charge in [0.25, 0.3) is 0 Å². The Kier molecular flexibility index (Phi) is 6.48. The third-order valence-corrected chi connectivity index (χ3v) is 6.05. The zero-order chi connectivity index (χ0) is 21.6. The van der Waals surface area contributed by atoms with Crippen molar-refractivity contribution in [1.29, 1.82) is 0 Å². The van der Waals surface area contributed by atoms with Crippen LogP contribution in [0.25, 0.3) is 11.5 Å². The molecule has 2 aromatic carbocycles. The fraction of sp³-hybridized carbons (Fsp3) is 0.200. The van der Waals surface area contributed by atoms with E-state index in [1.54, 1.807) is 0 Å². The second-order valence-corrected chi connectivity index (χ2v) is 8.22. The van der Waals surface area contributed by atoms with Crippen molar-refractivity contribution in [1.82, 2.24) is 4.98 Å². The Morgan fingerprint density at radius 1 is 1.10 bits per heavy atom. The molecule has 31 heavy (non-hydrogen) atoms. The van der Waals surface area contributed by atoms with Gasteiger partial charge < -0.3 is 14.3 Å². The van der Waals surface area contributed by atoms with Gasteiger partial charge in [-0.3, -0.25) is 4.79 Å². The van der Waals surface area contributed by atoms with E-state index in [1.165, 1.54) is 11.3 Å². The van der Waals surface area contributed by atoms with Crippen LogP contribution < -0.4 is 4.74 Å². The van der Waals surface area contributed by atoms with Gasteiger partial charge in [-0.1, -0.05) is 36.4 Å². The molecule has 4 aromatic rings. The van der Waals surface area contributed by atoms with Crippen molar-refractivity contribution in [3.63, 3.8) is 0 Å². The number of oxazole rings is 1. The quantitative estimate of drug-likeness (QED) is 0.364. The number of ether oxygens (including phenoxy) is 1. The van der Waals surface area contributed by atoms with E-state index in [-0.39, 0.29) is 0 Å². The zero-order valence-corrected chi connectivity index (χ0v) is 18.0. The van der Waals surface area contributed by atoms with Crippen LogP contribution in [0.4, 0.5) is 0 Å². The molecule has 0 saturated carbocycles. The van der Waals surface area contributed by atoms with Crippen LogP contribution in [0.15, 0.2) is 76.5 Å². The van der Waals surface area contributed by atoms with Gasteiger partial charge in [-0.05, 0) is 54.6 Å². The zero-order valence-electron chi connectivity index (χ0n) is 17.2. The molecule has 1 atom stereocenters. The molecular weight excluding hydrogens is 410 g/mol. The normalized spacial score (nSPS) is 11.9. The number of carboxylic acids is 1. The number of aryl methyl sites for hydroxylation is 1. The van der Waals surface area contributed by atoms with E-state index in [4.69, 9.17) is 9.15 Å². The van der Waals surface area contributed by atoms with Gasteiger partial charge in [0, 0.05) is 16.9 Å². The summed E-state index contributed by atoms with van der Waals surface area (Å²) >= 11 is 1.47. The highest BCUT2D eigenvalue weighted by Gasteiger charge is 2.21. The number of carbonyl (C=O) groups is 1. The molecule has 0 radical (unpaired) electrons. The third kappa shape index (κ3) is 5.22. The van der Waals surface area contributed by atoms with Crippen LogP contribution in [0, 0.1) is 6.92 Å². The van der Waals surface area contributed by atoms with Crippen LogP contribution in [0.2, 0.25) is 0 Å². The van der Waals surface area contributed by atoms with E-state index < -0.39 is 11.9 Å². The lowest BCUT2D eigenvalue weighted by Crippen LogP contribution is -2.13. The minimum absolute atomic E-state index is 0.455. The number of rotatable bonds is 9. The number of hydrogen-bond acceptors (Lipinski definition) is 5. The first-order valence-corrected chi connectivity index (χ1v) is 11.0. The van der Waals surface area contributed by atoms with E-state index in [1.807, 2.05) is 79.0 Å². The molecule has 0 aliphatic heterocycles. The maximum Gasteiger partial charge on any atom is 0.312 e. The highest BCUT2D eigenvalue weighted by molar-refractivity contribution is 7.10. The van der Waals surface area contributed by atoms with Crippen molar-refractivity contribution in [2.24, 2.45) is 0 Å². The van der Waals surface area contributed by atoms with Crippen molar-refractivity contribution >= 4 is 17.3 Å². The topological polar surface area (TPSA) is 72.6 Å². The van der Waals surface area contributed by atoms with Gasteiger partial charge in [-0.25, -0.2) is 4.98 Å². The van der Waals surface area contributed by atoms with Gasteiger partial charge in [-0.2, -0.15) is 0 Å². The number of aliphatic carboxylic acids is 1. The fourth-order valence-electron chi connectivity index (χ4n) is 3.39. The summed E-state index contributed by atoms with van der Waals surface area (Å²) in [5.74, 6) is 0.833. The van der Waals surface area contributed by atoms with Crippen molar-refractivity contribution in [3.8, 4) is 17.2 Å². The monoisotopic (exact) mass is 433 g/mol. The Morgan fingerprint density at radius 2 is 1.87 bits per heavy atom. The molecule has 0 amide bonds. The van der Waals surface area contributed by atoms with Gasteiger partial charge in [0.05, 0.1) is 18.2 Å². The summed E-state index contributed by atoms with van der Waals surface area (Å²) in [7, 11) is 0. The third-order valence-electron chi connectivity index (χ3n) is 5.07. The van der Waals surface area contributed by atoms with Crippen LogP contribution in [0.3, 0.4) is 0 Å². The highest BCUT2D eigenvalue weighted by Crippen LogP contribution is 2.26. The van der Waals surface area contributed by atoms with Crippen LogP contribution in [0.1, 0.15) is 27.8 Å². The molecule has 0 fully saturated rings. The average molecular weight is 434 g/mol. The molecule has 0 saturated heterocycles. The van der Waals surface area contributed by atoms with Crippen LogP contribution >= 0.6 is 11.3 Å². The number of aromatic nitrogens is 1. The molecule has 0 spiro atoms. The average Bonchev–Trinajstić information content (AvgIpc) is 3.44. The van der Waals surface area contributed by atoms with Crippen LogP contribution in [0.5, 0.6) is 5.75 Å². The lowest BCUT2D eigenvalue weighted by atomic mass is 9.98. The van der Waals surface area contributed by atoms with Crippen LogP contribution in [-0.4, -0.2) is 22.7 Å². The standard InChI is InChI=1S/C25H23NO4S/c1-17-22(26-24(30-17)19-6-3-2-4-7-19)13-14-29-20-11-9-18(10-12-20)16-21(25(27)28)23-8-5-15-31-23/h2-12,15,21H,13-14,16H2,1H3,(H,27,28). The Balaban J connectivity index is 1.33. The molecule has 5 nitrogen and oxygen atoms in total. The smallest absolute Gasteiger partial charge is 0.312 e. The SMILES string of the molecule is Cc1oc(-c2ccccc2)nc1CCOc1ccc(CC(C(=O)O)c2cccs2)cc1. The molecule has 6 heteroatoms. The predicted molar refractivity (Wildman–Crippen MR) is 121 cm³/mol. The molecule has 1 unspecified atom stereocenters. The van der Waals surface area contributed by atoms with Gasteiger partial charge in [0.15, 0.2) is 0 Å². The Labute approximate surface area is 185 Å². The minimum atomic E-state index is -0.805. The molecule has 2 heterocycles. The molecule has 0 aliphatic rings. The maximum atomic E-state index is 11.6. The highest BCUT2D eigenvalue weighted by atomic mass is 32.1. The fourth-order valence-corrected chi connectivity index (χ4v) is 4.21. The van der Waals surface area contributed by atoms with Crippen LogP contribution in [-0.2, 0) is 17.6 Å². The summed E-state index contributed by atoms with van der Waals surface area (Å²) in [6.45, 7) is 2.39. The first kappa shape index (κ1) is 20.9. The van der Waals surface area contributed by atoms with Crippen molar-refractivity contribution < 1.29 is 19.1 Å². The Hall–Kier alpha value is -3.38. The van der Waals surface area contributed by atoms with Gasteiger partial charge in [-0.15, -0.1) is 11.3 Å². The number of hydrogen-bond donors (Lipinski definition) is 1. The Morgan fingerprint density at radius 3 is 2.55 bits per heavy atom. The Bertz CT molecular complexity index is 1120. The summed E-state index contributed by atoms with van der Waals surface area (Å²) < 4.78 is 11.7. The van der Waals surface area contributed by atoms with E-state index in [0.29, 0.717) is 25.3 Å². The number of benzene rings is 2. The first-order chi connectivity index (χ1) is 15.1. The maximum absolute atomic E-state index is 11.6. The van der Waals surface area contributed by atoms with E-state index in [2.05, 4.69) is 4.98 Å². The van der Waals surface area contributed by atoms with Crippen molar-refractivity contribution in [3.05, 3.63) is 94.0 Å². The number of thiophene rings is 1. The van der Waals surface area contributed by atoms with Gasteiger partial charge in [0.1, 0.15) is 11.5 Å². The molecule has 0 aliphatic carbocycles. The number of nitrogens with zero attached hydrogens (tertiary/aromatic N) is 1. The lowest BCUT2D eigenvalue weighted by Gasteiger charge is -2.11. The largest absolute Gasteiger partial charge is 0.493 e. The first-order valence-electron chi connectivity index (χ1n) is 10.1. The van der Waals surface area contributed by atoms with E-state index in [0.717, 1.165) is 33.2 Å². The minimum Gasteiger partial charge on any atom is -0.493 e. The molecule has 1 N–H and O–H groups in total.